The molecule has 5 heteroatoms. The van der Waals surface area contributed by atoms with Gasteiger partial charge in [0, 0.05) is 11.1 Å². The van der Waals surface area contributed by atoms with E-state index in [9.17, 15) is 9.59 Å². The summed E-state index contributed by atoms with van der Waals surface area (Å²) in [5.41, 5.74) is 10.5. The van der Waals surface area contributed by atoms with Crippen LogP contribution in [0.15, 0.2) is 72.8 Å². The molecule has 5 nitrogen and oxygen atoms in total. The lowest BCUT2D eigenvalue weighted by molar-refractivity contribution is -0.123. The fraction of sp³-hybridized carbons (Fsp3) is 0.130. The number of rotatable bonds is 4. The molecule has 4 rings (SSSR count). The Morgan fingerprint density at radius 1 is 0.929 bits per heavy atom. The lowest BCUT2D eigenvalue weighted by Gasteiger charge is -2.23. The molecule has 3 aromatic carbocycles. The summed E-state index contributed by atoms with van der Waals surface area (Å²) >= 11 is 0. The van der Waals surface area contributed by atoms with E-state index in [2.05, 4.69) is 0 Å². The van der Waals surface area contributed by atoms with E-state index in [1.165, 1.54) is 0 Å². The Hall–Kier alpha value is -3.44. The van der Waals surface area contributed by atoms with Crippen LogP contribution < -0.4 is 10.6 Å². The zero-order chi connectivity index (χ0) is 19.5. The minimum atomic E-state index is -0.467. The van der Waals surface area contributed by atoms with Crippen LogP contribution in [-0.2, 0) is 22.7 Å². The third-order valence-corrected chi connectivity index (χ3v) is 4.82. The first-order valence-electron chi connectivity index (χ1n) is 9.07. The molecular formula is C23H20N2O3. The molecular weight excluding hydrogens is 352 g/mol. The van der Waals surface area contributed by atoms with E-state index in [0.29, 0.717) is 18.7 Å². The molecule has 0 saturated carbocycles. The molecule has 0 fully saturated rings. The van der Waals surface area contributed by atoms with Gasteiger partial charge < -0.3 is 15.4 Å². The summed E-state index contributed by atoms with van der Waals surface area (Å²) in [5.74, 6) is -0.545. The van der Waals surface area contributed by atoms with Crippen LogP contribution in [0.1, 0.15) is 21.5 Å². The molecule has 0 atom stereocenters. The lowest BCUT2D eigenvalue weighted by Crippen LogP contribution is -2.32. The number of nitrogens with two attached hydrogens (primary N) is 1. The maximum Gasteiger partial charge on any atom is 0.253 e. The highest BCUT2D eigenvalue weighted by Crippen LogP contribution is 2.32. The number of fused-ring (bicyclic) bond motifs is 1. The van der Waals surface area contributed by atoms with Crippen molar-refractivity contribution in [2.24, 2.45) is 5.73 Å². The van der Waals surface area contributed by atoms with Crippen LogP contribution in [0.25, 0.3) is 11.1 Å². The first-order valence-corrected chi connectivity index (χ1v) is 9.07. The number of nitrogens with zero attached hydrogens (tertiary/aromatic N) is 1. The standard InChI is InChI=1S/C23H20N2O3/c24-23(27)19-8-4-7-17(11-19)18-9-10-20-14-28-15-22(26)25(21(20)12-18)13-16-5-2-1-3-6-16/h1-12H,13-15H2,(H2,24,27). The molecule has 1 aliphatic heterocycles. The normalized spacial score (nSPS) is 13.7. The topological polar surface area (TPSA) is 72.6 Å². The molecule has 3 aromatic rings. The number of hydrogen-bond acceptors (Lipinski definition) is 3. The van der Waals surface area contributed by atoms with E-state index in [1.54, 1.807) is 23.1 Å². The second-order valence-electron chi connectivity index (χ2n) is 6.75. The van der Waals surface area contributed by atoms with E-state index < -0.39 is 5.91 Å². The first-order chi connectivity index (χ1) is 13.6. The van der Waals surface area contributed by atoms with E-state index >= 15 is 0 Å². The molecule has 0 aromatic heterocycles. The van der Waals surface area contributed by atoms with Gasteiger partial charge in [-0.15, -0.1) is 0 Å². The Morgan fingerprint density at radius 2 is 1.71 bits per heavy atom. The summed E-state index contributed by atoms with van der Waals surface area (Å²) in [6.45, 7) is 0.906. The SMILES string of the molecule is NC(=O)c1cccc(-c2ccc3c(c2)N(Cc2ccccc2)C(=O)COC3)c1. The molecule has 0 saturated heterocycles. The zero-order valence-electron chi connectivity index (χ0n) is 15.3. The van der Waals surface area contributed by atoms with Crippen LogP contribution in [-0.4, -0.2) is 18.4 Å². The van der Waals surface area contributed by atoms with Gasteiger partial charge in [-0.1, -0.05) is 54.6 Å². The Bertz CT molecular complexity index is 1030. The van der Waals surface area contributed by atoms with Gasteiger partial charge in [-0.25, -0.2) is 0 Å². The van der Waals surface area contributed by atoms with Gasteiger partial charge in [0.05, 0.1) is 18.8 Å². The van der Waals surface area contributed by atoms with Gasteiger partial charge >= 0.3 is 0 Å². The number of primary amides is 1. The quantitative estimate of drug-likeness (QED) is 0.762. The predicted octanol–water partition coefficient (Wildman–Crippen LogP) is 3.52. The average Bonchev–Trinajstić information content (AvgIpc) is 2.87. The van der Waals surface area contributed by atoms with Crippen LogP contribution in [0, 0.1) is 0 Å². The minimum Gasteiger partial charge on any atom is -0.367 e. The second kappa shape index (κ2) is 7.66. The zero-order valence-corrected chi connectivity index (χ0v) is 15.3. The Balaban J connectivity index is 1.76. The number of ether oxygens (including phenoxy) is 1. The summed E-state index contributed by atoms with van der Waals surface area (Å²) in [6, 6.07) is 23.0. The van der Waals surface area contributed by atoms with Gasteiger partial charge in [-0.2, -0.15) is 0 Å². The van der Waals surface area contributed by atoms with Crippen molar-refractivity contribution in [3.8, 4) is 11.1 Å². The molecule has 0 bridgehead atoms. The van der Waals surface area contributed by atoms with Gasteiger partial charge in [-0.3, -0.25) is 9.59 Å². The summed E-state index contributed by atoms with van der Waals surface area (Å²) in [7, 11) is 0. The van der Waals surface area contributed by atoms with Crippen molar-refractivity contribution in [2.45, 2.75) is 13.2 Å². The highest BCUT2D eigenvalue weighted by Gasteiger charge is 2.23. The number of carbonyl (C=O) groups excluding carboxylic acids is 2. The fourth-order valence-corrected chi connectivity index (χ4v) is 3.37. The molecule has 0 radical (unpaired) electrons. The second-order valence-corrected chi connectivity index (χ2v) is 6.75. The average molecular weight is 372 g/mol. The molecule has 0 aliphatic carbocycles. The molecule has 1 heterocycles. The van der Waals surface area contributed by atoms with Crippen molar-refractivity contribution < 1.29 is 14.3 Å². The lowest BCUT2D eigenvalue weighted by atomic mass is 9.99. The van der Waals surface area contributed by atoms with E-state index in [0.717, 1.165) is 27.9 Å². The summed E-state index contributed by atoms with van der Waals surface area (Å²) in [6.07, 6.45) is 0. The minimum absolute atomic E-state index is 0.0496. The largest absolute Gasteiger partial charge is 0.367 e. The van der Waals surface area contributed by atoms with Crippen molar-refractivity contribution in [3.05, 3.63) is 89.5 Å². The molecule has 1 aliphatic rings. The van der Waals surface area contributed by atoms with Gasteiger partial charge in [0.2, 0.25) is 5.91 Å². The highest BCUT2D eigenvalue weighted by atomic mass is 16.5. The number of amides is 2. The maximum atomic E-state index is 12.7. The molecule has 2 amide bonds. The molecule has 2 N–H and O–H groups in total. The highest BCUT2D eigenvalue weighted by molar-refractivity contribution is 5.97. The van der Waals surface area contributed by atoms with Crippen molar-refractivity contribution in [1.29, 1.82) is 0 Å². The predicted molar refractivity (Wildman–Crippen MR) is 108 cm³/mol. The molecule has 28 heavy (non-hydrogen) atoms. The van der Waals surface area contributed by atoms with Gasteiger partial charge in [0.15, 0.2) is 0 Å². The monoisotopic (exact) mass is 372 g/mol. The van der Waals surface area contributed by atoms with Gasteiger partial charge in [0.25, 0.3) is 5.91 Å². The molecule has 0 spiro atoms. The first kappa shape index (κ1) is 17.9. The number of carbonyl (C=O) groups is 2. The smallest absolute Gasteiger partial charge is 0.253 e. The van der Waals surface area contributed by atoms with E-state index in [4.69, 9.17) is 10.5 Å². The fourth-order valence-electron chi connectivity index (χ4n) is 3.37. The van der Waals surface area contributed by atoms with Crippen molar-refractivity contribution in [1.82, 2.24) is 0 Å². The summed E-state index contributed by atoms with van der Waals surface area (Å²) in [5, 5.41) is 0. The van der Waals surface area contributed by atoms with Crippen LogP contribution in [0.3, 0.4) is 0 Å². The van der Waals surface area contributed by atoms with Crippen LogP contribution >= 0.6 is 0 Å². The van der Waals surface area contributed by atoms with Crippen LogP contribution in [0.5, 0.6) is 0 Å². The molecule has 140 valence electrons. The van der Waals surface area contributed by atoms with Gasteiger partial charge in [-0.05, 0) is 34.9 Å². The number of benzene rings is 3. The summed E-state index contributed by atoms with van der Waals surface area (Å²) in [4.78, 5) is 26.0. The maximum absolute atomic E-state index is 12.7. The van der Waals surface area contributed by atoms with Crippen molar-refractivity contribution in [2.75, 3.05) is 11.5 Å². The number of hydrogen-bond donors (Lipinski definition) is 1. The van der Waals surface area contributed by atoms with E-state index in [1.807, 2.05) is 54.6 Å². The van der Waals surface area contributed by atoms with Gasteiger partial charge in [0.1, 0.15) is 6.61 Å². The third-order valence-electron chi connectivity index (χ3n) is 4.82. The van der Waals surface area contributed by atoms with Crippen molar-refractivity contribution in [3.63, 3.8) is 0 Å². The van der Waals surface area contributed by atoms with Crippen molar-refractivity contribution >= 4 is 17.5 Å². The number of anilines is 1. The Labute approximate surface area is 163 Å². The summed E-state index contributed by atoms with van der Waals surface area (Å²) < 4.78 is 5.54. The molecule has 0 unspecified atom stereocenters. The van der Waals surface area contributed by atoms with Crippen LogP contribution in [0.2, 0.25) is 0 Å². The van der Waals surface area contributed by atoms with E-state index in [-0.39, 0.29) is 12.5 Å². The Kier molecular flexibility index (Phi) is 4.91. The Morgan fingerprint density at radius 3 is 2.50 bits per heavy atom. The third kappa shape index (κ3) is 3.66. The van der Waals surface area contributed by atoms with Crippen LogP contribution in [0.4, 0.5) is 5.69 Å².